The number of ether oxygens (including phenoxy) is 1. The molecule has 0 spiro atoms. The number of hydrogen-bond acceptors (Lipinski definition) is 3. The van der Waals surface area contributed by atoms with Crippen LogP contribution in [0.25, 0.3) is 0 Å². The molecule has 1 aromatic rings. The van der Waals surface area contributed by atoms with E-state index in [1.807, 2.05) is 0 Å². The Morgan fingerprint density at radius 2 is 1.56 bits per heavy atom. The lowest BCUT2D eigenvalue weighted by molar-refractivity contribution is -0.153. The second-order valence-electron chi connectivity index (χ2n) is 2.61. The molecule has 9 heteroatoms. The molecule has 1 rings (SSSR count). The molecule has 0 amide bonds. The predicted octanol–water partition coefficient (Wildman–Crippen LogP) is 2.52. The molecule has 0 saturated carbocycles. The summed E-state index contributed by atoms with van der Waals surface area (Å²) < 4.78 is 77.1. The van der Waals surface area contributed by atoms with Crippen molar-refractivity contribution in [1.29, 1.82) is 0 Å². The third-order valence-corrected chi connectivity index (χ3v) is 1.46. The van der Waals surface area contributed by atoms with Gasteiger partial charge in [0.25, 0.3) is 0 Å². The van der Waals surface area contributed by atoms with Crippen LogP contribution in [-0.2, 0) is 12.4 Å². The molecule has 16 heavy (non-hydrogen) atoms. The molecule has 0 fully saturated rings. The molecule has 0 radical (unpaired) electrons. The molecule has 0 aliphatic heterocycles. The first-order valence-electron chi connectivity index (χ1n) is 3.72. The first kappa shape index (κ1) is 12.5. The van der Waals surface area contributed by atoms with Gasteiger partial charge in [-0.1, -0.05) is 0 Å². The Balaban J connectivity index is 3.33. The van der Waals surface area contributed by atoms with Crippen molar-refractivity contribution in [2.75, 3.05) is 7.11 Å². The number of hydrogen-bond donors (Lipinski definition) is 0. The van der Waals surface area contributed by atoms with E-state index in [1.54, 1.807) is 0 Å². The van der Waals surface area contributed by atoms with Crippen LogP contribution in [0.5, 0.6) is 5.88 Å². The van der Waals surface area contributed by atoms with E-state index >= 15 is 0 Å². The lowest BCUT2D eigenvalue weighted by Crippen LogP contribution is -2.17. The number of rotatable bonds is 1. The Morgan fingerprint density at radius 3 is 1.94 bits per heavy atom. The third-order valence-electron chi connectivity index (χ3n) is 1.46. The van der Waals surface area contributed by atoms with Crippen LogP contribution in [0.15, 0.2) is 6.07 Å². The van der Waals surface area contributed by atoms with Crippen molar-refractivity contribution in [2.45, 2.75) is 12.4 Å². The van der Waals surface area contributed by atoms with Crippen molar-refractivity contribution in [3.63, 3.8) is 0 Å². The van der Waals surface area contributed by atoms with Crippen molar-refractivity contribution in [3.8, 4) is 5.88 Å². The molecule has 0 aliphatic carbocycles. The van der Waals surface area contributed by atoms with E-state index in [0.29, 0.717) is 0 Å². The highest BCUT2D eigenvalue weighted by atomic mass is 19.4. The van der Waals surface area contributed by atoms with Gasteiger partial charge in [0.1, 0.15) is 0 Å². The number of aromatic nitrogens is 2. The number of alkyl halides is 6. The highest BCUT2D eigenvalue weighted by molar-refractivity contribution is 5.19. The van der Waals surface area contributed by atoms with E-state index < -0.39 is 29.8 Å². The molecule has 0 saturated heterocycles. The number of halogens is 6. The summed E-state index contributed by atoms with van der Waals surface area (Å²) in [6.07, 6.45) is -10.1. The van der Waals surface area contributed by atoms with Crippen molar-refractivity contribution >= 4 is 0 Å². The van der Waals surface area contributed by atoms with Crippen LogP contribution in [0.3, 0.4) is 0 Å². The zero-order chi connectivity index (χ0) is 12.6. The molecular weight excluding hydrogens is 242 g/mol. The van der Waals surface area contributed by atoms with Crippen molar-refractivity contribution in [1.82, 2.24) is 9.97 Å². The van der Waals surface area contributed by atoms with Gasteiger partial charge in [-0.2, -0.15) is 31.3 Å². The van der Waals surface area contributed by atoms with E-state index in [1.165, 1.54) is 0 Å². The standard InChI is InChI=1S/C7H4F6N2O/c1-16-4-2-3(6(8,9)10)14-5(15-4)7(11,12)13/h2H,1H3. The summed E-state index contributed by atoms with van der Waals surface area (Å²) in [5.41, 5.74) is -1.70. The molecule has 0 aromatic carbocycles. The molecule has 0 N–H and O–H groups in total. The molecular formula is C7H4F6N2O. The van der Waals surface area contributed by atoms with Crippen molar-refractivity contribution in [2.24, 2.45) is 0 Å². The van der Waals surface area contributed by atoms with E-state index in [4.69, 9.17) is 0 Å². The van der Waals surface area contributed by atoms with Gasteiger partial charge < -0.3 is 4.74 Å². The largest absolute Gasteiger partial charge is 0.481 e. The predicted molar refractivity (Wildman–Crippen MR) is 38.6 cm³/mol. The zero-order valence-electron chi connectivity index (χ0n) is 7.65. The fourth-order valence-corrected chi connectivity index (χ4v) is 0.802. The SMILES string of the molecule is COc1cc(C(F)(F)F)nc(C(F)(F)F)n1. The maximum absolute atomic E-state index is 12.2. The summed E-state index contributed by atoms with van der Waals surface area (Å²) in [4.78, 5) is 5.16. The summed E-state index contributed by atoms with van der Waals surface area (Å²) >= 11 is 0. The van der Waals surface area contributed by atoms with Crippen molar-refractivity contribution < 1.29 is 31.1 Å². The second kappa shape index (κ2) is 3.80. The highest BCUT2D eigenvalue weighted by Crippen LogP contribution is 2.33. The molecule has 0 aliphatic rings. The van der Waals surface area contributed by atoms with Gasteiger partial charge in [-0.15, -0.1) is 0 Å². The van der Waals surface area contributed by atoms with Gasteiger partial charge >= 0.3 is 12.4 Å². The fraction of sp³-hybridized carbons (Fsp3) is 0.429. The minimum atomic E-state index is -5.06. The van der Waals surface area contributed by atoms with Crippen molar-refractivity contribution in [3.05, 3.63) is 17.6 Å². The van der Waals surface area contributed by atoms with Gasteiger partial charge in [-0.3, -0.25) is 0 Å². The summed E-state index contributed by atoms with van der Waals surface area (Å²) in [6, 6.07) is 0.287. The van der Waals surface area contributed by atoms with Gasteiger partial charge in [0.2, 0.25) is 11.7 Å². The first-order valence-corrected chi connectivity index (χ1v) is 3.72. The monoisotopic (exact) mass is 246 g/mol. The fourth-order valence-electron chi connectivity index (χ4n) is 0.802. The van der Waals surface area contributed by atoms with Gasteiger partial charge in [0.05, 0.1) is 7.11 Å². The Kier molecular flexibility index (Phi) is 2.97. The Bertz CT molecular complexity index is 353. The summed E-state index contributed by atoms with van der Waals surface area (Å²) in [6.45, 7) is 0. The minimum absolute atomic E-state index is 0.287. The lowest BCUT2D eigenvalue weighted by Gasteiger charge is -2.11. The van der Waals surface area contributed by atoms with Crippen LogP contribution in [0.4, 0.5) is 26.3 Å². The summed E-state index contributed by atoms with van der Waals surface area (Å²) in [5.74, 6) is -2.69. The Morgan fingerprint density at radius 1 is 1.00 bits per heavy atom. The van der Waals surface area contributed by atoms with Gasteiger partial charge in [0, 0.05) is 6.07 Å². The molecule has 1 heterocycles. The maximum atomic E-state index is 12.2. The van der Waals surface area contributed by atoms with E-state index in [9.17, 15) is 26.3 Å². The van der Waals surface area contributed by atoms with Crippen LogP contribution >= 0.6 is 0 Å². The lowest BCUT2D eigenvalue weighted by atomic mass is 10.3. The summed E-state index contributed by atoms with van der Waals surface area (Å²) in [7, 11) is 0.905. The van der Waals surface area contributed by atoms with Gasteiger partial charge in [-0.25, -0.2) is 4.98 Å². The third kappa shape index (κ3) is 2.74. The zero-order valence-corrected chi connectivity index (χ0v) is 7.65. The van der Waals surface area contributed by atoms with E-state index in [-0.39, 0.29) is 6.07 Å². The molecule has 90 valence electrons. The average Bonchev–Trinajstić information content (AvgIpc) is 2.14. The van der Waals surface area contributed by atoms with Crippen LogP contribution in [0, 0.1) is 0 Å². The van der Waals surface area contributed by atoms with Crippen LogP contribution in [0.2, 0.25) is 0 Å². The van der Waals surface area contributed by atoms with Crippen LogP contribution in [0.1, 0.15) is 11.5 Å². The molecule has 0 atom stereocenters. The Hall–Kier alpha value is -1.54. The average molecular weight is 246 g/mol. The first-order chi connectivity index (χ1) is 7.14. The Labute approximate surface area is 85.1 Å². The highest BCUT2D eigenvalue weighted by Gasteiger charge is 2.40. The molecule has 0 unspecified atom stereocenters. The van der Waals surface area contributed by atoms with Gasteiger partial charge in [0.15, 0.2) is 5.69 Å². The smallest absolute Gasteiger partial charge is 0.451 e. The van der Waals surface area contributed by atoms with Gasteiger partial charge in [-0.05, 0) is 0 Å². The number of nitrogens with zero attached hydrogens (tertiary/aromatic N) is 2. The topological polar surface area (TPSA) is 35.0 Å². The number of methoxy groups -OCH3 is 1. The van der Waals surface area contributed by atoms with E-state index in [0.717, 1.165) is 7.11 Å². The normalized spacial score (nSPS) is 12.7. The van der Waals surface area contributed by atoms with E-state index in [2.05, 4.69) is 14.7 Å². The summed E-state index contributed by atoms with van der Waals surface area (Å²) in [5, 5.41) is 0. The quantitative estimate of drug-likeness (QED) is 0.714. The van der Waals surface area contributed by atoms with Crippen LogP contribution in [-0.4, -0.2) is 17.1 Å². The second-order valence-corrected chi connectivity index (χ2v) is 2.61. The molecule has 1 aromatic heterocycles. The minimum Gasteiger partial charge on any atom is -0.481 e. The molecule has 3 nitrogen and oxygen atoms in total. The van der Waals surface area contributed by atoms with Crippen LogP contribution < -0.4 is 4.74 Å². The maximum Gasteiger partial charge on any atom is 0.451 e. The molecule has 0 bridgehead atoms.